The number of nitrogens with one attached hydrogen (secondary N) is 1. The van der Waals surface area contributed by atoms with E-state index in [1.807, 2.05) is 29.8 Å². The molecule has 0 radical (unpaired) electrons. The van der Waals surface area contributed by atoms with Crippen molar-refractivity contribution in [1.82, 2.24) is 30.1 Å². The minimum absolute atomic E-state index is 0.112. The van der Waals surface area contributed by atoms with E-state index in [4.69, 9.17) is 0 Å². The van der Waals surface area contributed by atoms with Gasteiger partial charge in [0.1, 0.15) is 11.9 Å². The molecule has 1 aliphatic heterocycles. The molecule has 37 heavy (non-hydrogen) atoms. The molecule has 2 aromatic carbocycles. The lowest BCUT2D eigenvalue weighted by Gasteiger charge is -2.33. The molecule has 1 N–H and O–H groups in total. The van der Waals surface area contributed by atoms with Crippen LogP contribution in [0.2, 0.25) is 0 Å². The summed E-state index contributed by atoms with van der Waals surface area (Å²) in [6.45, 7) is 5.46. The standard InChI is InChI=1S/C29H31FN6O/c1-18-15-19(2)26-22(16-18)17-25(29(37)31-26)27(28-32-33-34-36(28)24-5-3-4-6-24)35-13-11-21(12-14-35)20-7-9-23(30)10-8-20/h7-11,15-17,24,27H,3-6,12-14H2,1-2H3,(H,31,37). The van der Waals surface area contributed by atoms with E-state index in [1.165, 1.54) is 17.7 Å². The zero-order chi connectivity index (χ0) is 25.5. The van der Waals surface area contributed by atoms with Crippen LogP contribution in [0.4, 0.5) is 4.39 Å². The highest BCUT2D eigenvalue weighted by molar-refractivity contribution is 5.83. The number of nitrogens with zero attached hydrogens (tertiary/aromatic N) is 5. The molecule has 4 aromatic rings. The van der Waals surface area contributed by atoms with Crippen molar-refractivity contribution in [3.63, 3.8) is 0 Å². The highest BCUT2D eigenvalue weighted by Crippen LogP contribution is 2.36. The van der Waals surface area contributed by atoms with Crippen LogP contribution in [0.15, 0.2) is 53.3 Å². The van der Waals surface area contributed by atoms with Crippen molar-refractivity contribution in [3.8, 4) is 0 Å². The molecule has 6 rings (SSSR count). The number of aryl methyl sites for hydroxylation is 2. The third-order valence-electron chi connectivity index (χ3n) is 7.87. The Kier molecular flexibility index (Phi) is 6.20. The topological polar surface area (TPSA) is 79.7 Å². The van der Waals surface area contributed by atoms with Gasteiger partial charge in [-0.3, -0.25) is 9.69 Å². The lowest BCUT2D eigenvalue weighted by molar-refractivity contribution is 0.229. The van der Waals surface area contributed by atoms with Crippen LogP contribution in [0, 0.1) is 19.7 Å². The number of benzene rings is 2. The highest BCUT2D eigenvalue weighted by Gasteiger charge is 2.34. The molecule has 1 saturated carbocycles. The fourth-order valence-corrected chi connectivity index (χ4v) is 6.04. The summed E-state index contributed by atoms with van der Waals surface area (Å²) in [4.78, 5) is 19.0. The van der Waals surface area contributed by atoms with Crippen molar-refractivity contribution in [1.29, 1.82) is 0 Å². The van der Waals surface area contributed by atoms with Crippen molar-refractivity contribution in [2.75, 3.05) is 13.1 Å². The van der Waals surface area contributed by atoms with Gasteiger partial charge in [0.2, 0.25) is 0 Å². The lowest BCUT2D eigenvalue weighted by atomic mass is 9.96. The van der Waals surface area contributed by atoms with Gasteiger partial charge in [-0.2, -0.15) is 0 Å². The molecule has 2 aromatic heterocycles. The second-order valence-electron chi connectivity index (χ2n) is 10.4. The summed E-state index contributed by atoms with van der Waals surface area (Å²) in [6.07, 6.45) is 7.39. The van der Waals surface area contributed by atoms with Gasteiger partial charge in [-0.25, -0.2) is 9.07 Å². The van der Waals surface area contributed by atoms with Crippen LogP contribution in [0.1, 0.15) is 72.3 Å². The van der Waals surface area contributed by atoms with Crippen molar-refractivity contribution >= 4 is 16.5 Å². The van der Waals surface area contributed by atoms with Crippen LogP contribution >= 0.6 is 0 Å². The number of halogens is 1. The average molecular weight is 499 g/mol. The molecule has 0 spiro atoms. The molecule has 1 atom stereocenters. The Morgan fingerprint density at radius 2 is 1.86 bits per heavy atom. The molecular weight excluding hydrogens is 467 g/mol. The van der Waals surface area contributed by atoms with Gasteiger partial charge in [0.25, 0.3) is 5.56 Å². The third-order valence-corrected chi connectivity index (χ3v) is 7.87. The smallest absolute Gasteiger partial charge is 0.253 e. The Bertz CT molecular complexity index is 1530. The molecule has 1 aliphatic carbocycles. The van der Waals surface area contributed by atoms with Crippen molar-refractivity contribution < 1.29 is 4.39 Å². The second kappa shape index (κ2) is 9.67. The minimum atomic E-state index is -0.379. The number of hydrogen-bond donors (Lipinski definition) is 1. The molecule has 3 heterocycles. The van der Waals surface area contributed by atoms with Crippen LogP contribution in [-0.2, 0) is 0 Å². The second-order valence-corrected chi connectivity index (χ2v) is 10.4. The molecule has 7 nitrogen and oxygen atoms in total. The summed E-state index contributed by atoms with van der Waals surface area (Å²) in [5.74, 6) is 0.487. The number of rotatable bonds is 5. The van der Waals surface area contributed by atoms with E-state index in [9.17, 15) is 9.18 Å². The Morgan fingerprint density at radius 3 is 2.59 bits per heavy atom. The summed E-state index contributed by atoms with van der Waals surface area (Å²) in [7, 11) is 0. The quantitative estimate of drug-likeness (QED) is 0.406. The van der Waals surface area contributed by atoms with Crippen molar-refractivity contribution in [2.45, 2.75) is 58.0 Å². The maximum atomic E-state index is 13.6. The molecule has 8 heteroatoms. The zero-order valence-electron chi connectivity index (χ0n) is 21.2. The predicted molar refractivity (Wildman–Crippen MR) is 142 cm³/mol. The van der Waals surface area contributed by atoms with Gasteiger partial charge < -0.3 is 4.98 Å². The number of fused-ring (bicyclic) bond motifs is 1. The predicted octanol–water partition coefficient (Wildman–Crippen LogP) is 5.26. The first-order chi connectivity index (χ1) is 18.0. The largest absolute Gasteiger partial charge is 0.321 e. The van der Waals surface area contributed by atoms with Crippen LogP contribution in [-0.4, -0.2) is 43.2 Å². The van der Waals surface area contributed by atoms with Gasteiger partial charge in [-0.05, 0) is 89.9 Å². The van der Waals surface area contributed by atoms with E-state index in [-0.39, 0.29) is 23.5 Å². The zero-order valence-corrected chi connectivity index (χ0v) is 21.2. The highest BCUT2D eigenvalue weighted by atomic mass is 19.1. The monoisotopic (exact) mass is 498 g/mol. The maximum absolute atomic E-state index is 13.6. The molecule has 0 amide bonds. The fourth-order valence-electron chi connectivity index (χ4n) is 6.04. The van der Waals surface area contributed by atoms with E-state index in [1.54, 1.807) is 0 Å². The lowest BCUT2D eigenvalue weighted by Crippen LogP contribution is -2.38. The maximum Gasteiger partial charge on any atom is 0.253 e. The summed E-state index contributed by atoms with van der Waals surface area (Å²) in [5.41, 5.74) is 5.83. The first kappa shape index (κ1) is 23.7. The average Bonchev–Trinajstić information content (AvgIpc) is 3.58. The number of hydrogen-bond acceptors (Lipinski definition) is 5. The molecule has 0 saturated heterocycles. The number of H-pyrrole nitrogens is 1. The van der Waals surface area contributed by atoms with E-state index >= 15 is 0 Å². The first-order valence-electron chi connectivity index (χ1n) is 13.1. The van der Waals surface area contributed by atoms with Crippen LogP contribution in [0.25, 0.3) is 16.5 Å². The van der Waals surface area contributed by atoms with Crippen molar-refractivity contribution in [3.05, 3.63) is 92.8 Å². The molecule has 1 fully saturated rings. The number of pyridine rings is 1. The summed E-state index contributed by atoms with van der Waals surface area (Å²) in [5, 5.41) is 14.0. The van der Waals surface area contributed by atoms with Gasteiger partial charge in [0, 0.05) is 18.7 Å². The first-order valence-corrected chi connectivity index (χ1v) is 13.1. The van der Waals surface area contributed by atoms with Gasteiger partial charge in [-0.1, -0.05) is 42.7 Å². The number of aromatic amines is 1. The normalized spacial score (nSPS) is 17.9. The fraction of sp³-hybridized carbons (Fsp3) is 0.379. The Morgan fingerprint density at radius 1 is 1.08 bits per heavy atom. The van der Waals surface area contributed by atoms with Crippen molar-refractivity contribution in [2.24, 2.45) is 0 Å². The van der Waals surface area contributed by atoms with E-state index in [2.05, 4.69) is 50.5 Å². The third kappa shape index (κ3) is 4.50. The Hall–Kier alpha value is -3.65. The minimum Gasteiger partial charge on any atom is -0.321 e. The Labute approximate surface area is 215 Å². The van der Waals surface area contributed by atoms with E-state index in [0.717, 1.165) is 72.1 Å². The van der Waals surface area contributed by atoms with Crippen LogP contribution in [0.5, 0.6) is 0 Å². The summed E-state index contributed by atoms with van der Waals surface area (Å²) in [6, 6.07) is 12.7. The van der Waals surface area contributed by atoms with E-state index < -0.39 is 0 Å². The Balaban J connectivity index is 1.44. The molecule has 190 valence electrons. The van der Waals surface area contributed by atoms with Gasteiger partial charge in [0.05, 0.1) is 11.6 Å². The van der Waals surface area contributed by atoms with Gasteiger partial charge >= 0.3 is 0 Å². The van der Waals surface area contributed by atoms with Crippen LogP contribution < -0.4 is 5.56 Å². The van der Waals surface area contributed by atoms with Gasteiger partial charge in [-0.15, -0.1) is 5.10 Å². The number of aromatic nitrogens is 5. The SMILES string of the molecule is Cc1cc(C)c2[nH]c(=O)c(C(c3nnnn3C3CCCC3)N3CC=C(c4ccc(F)cc4)CC3)cc2c1. The van der Waals surface area contributed by atoms with Gasteiger partial charge in [0.15, 0.2) is 5.82 Å². The molecular formula is C29H31FN6O. The molecule has 1 unspecified atom stereocenters. The molecule has 2 aliphatic rings. The number of tetrazole rings is 1. The van der Waals surface area contributed by atoms with E-state index in [0.29, 0.717) is 12.1 Å². The molecule has 0 bridgehead atoms. The summed E-state index contributed by atoms with van der Waals surface area (Å²) < 4.78 is 15.4. The van der Waals surface area contributed by atoms with Crippen LogP contribution in [0.3, 0.4) is 0 Å². The summed E-state index contributed by atoms with van der Waals surface area (Å²) >= 11 is 0.